The molecule has 2 saturated heterocycles. The molecule has 0 radical (unpaired) electrons. The van der Waals surface area contributed by atoms with Crippen molar-refractivity contribution in [3.05, 3.63) is 30.3 Å². The van der Waals surface area contributed by atoms with Gasteiger partial charge in [0, 0.05) is 26.2 Å². The standard InChI is InChI=1S/C20H28N2O3S/c23-19-20(9-4-11-22(19)15-17-7-8-17)10-12-21(16-20)13-14-26(24,25)18-5-2-1-3-6-18/h1-3,5-6,17H,4,7-16H2/t20-/m1/s1. The summed E-state index contributed by atoms with van der Waals surface area (Å²) < 4.78 is 25.0. The maximum atomic E-state index is 13.1. The van der Waals surface area contributed by atoms with E-state index in [2.05, 4.69) is 9.80 Å². The Balaban J connectivity index is 1.36. The molecule has 0 N–H and O–H groups in total. The largest absolute Gasteiger partial charge is 0.342 e. The van der Waals surface area contributed by atoms with Gasteiger partial charge in [-0.05, 0) is 56.7 Å². The van der Waals surface area contributed by atoms with Crippen molar-refractivity contribution in [3.63, 3.8) is 0 Å². The molecule has 1 aliphatic carbocycles. The Hall–Kier alpha value is -1.40. The lowest BCUT2D eigenvalue weighted by atomic mass is 9.78. The molecule has 26 heavy (non-hydrogen) atoms. The van der Waals surface area contributed by atoms with Crippen LogP contribution in [0.4, 0.5) is 0 Å². The van der Waals surface area contributed by atoms with Gasteiger partial charge in [0.2, 0.25) is 5.91 Å². The number of benzene rings is 1. The number of hydrogen-bond donors (Lipinski definition) is 0. The Morgan fingerprint density at radius 1 is 1.08 bits per heavy atom. The summed E-state index contributed by atoms with van der Waals surface area (Å²) in [4.78, 5) is 17.7. The molecular formula is C20H28N2O3S. The first-order valence-corrected chi connectivity index (χ1v) is 11.4. The van der Waals surface area contributed by atoms with E-state index in [1.54, 1.807) is 24.3 Å². The zero-order chi connectivity index (χ0) is 18.2. The highest BCUT2D eigenvalue weighted by Gasteiger charge is 2.48. The van der Waals surface area contributed by atoms with E-state index < -0.39 is 9.84 Å². The van der Waals surface area contributed by atoms with Gasteiger partial charge in [-0.25, -0.2) is 8.42 Å². The zero-order valence-corrected chi connectivity index (χ0v) is 16.1. The van der Waals surface area contributed by atoms with Crippen molar-refractivity contribution in [2.45, 2.75) is 37.0 Å². The molecule has 2 aliphatic heterocycles. The summed E-state index contributed by atoms with van der Waals surface area (Å²) in [7, 11) is -3.26. The van der Waals surface area contributed by atoms with Crippen molar-refractivity contribution < 1.29 is 13.2 Å². The minimum Gasteiger partial charge on any atom is -0.342 e. The van der Waals surface area contributed by atoms with Gasteiger partial charge in [-0.1, -0.05) is 18.2 Å². The number of piperidine rings is 1. The quantitative estimate of drug-likeness (QED) is 0.764. The second kappa shape index (κ2) is 6.97. The molecule has 2 heterocycles. The summed E-state index contributed by atoms with van der Waals surface area (Å²) in [6.07, 6.45) is 5.43. The Kier molecular flexibility index (Phi) is 4.82. The van der Waals surface area contributed by atoms with Crippen LogP contribution in [0, 0.1) is 11.3 Å². The lowest BCUT2D eigenvalue weighted by molar-refractivity contribution is -0.145. The summed E-state index contributed by atoms with van der Waals surface area (Å²) >= 11 is 0. The van der Waals surface area contributed by atoms with E-state index in [4.69, 9.17) is 0 Å². The summed E-state index contributed by atoms with van der Waals surface area (Å²) in [5.41, 5.74) is -0.260. The lowest BCUT2D eigenvalue weighted by Gasteiger charge is -2.39. The molecule has 142 valence electrons. The molecule has 3 aliphatic rings. The minimum absolute atomic E-state index is 0.118. The van der Waals surface area contributed by atoms with Gasteiger partial charge >= 0.3 is 0 Å². The van der Waals surface area contributed by atoms with Crippen LogP contribution in [-0.4, -0.2) is 62.6 Å². The average molecular weight is 377 g/mol. The van der Waals surface area contributed by atoms with Gasteiger partial charge < -0.3 is 9.80 Å². The van der Waals surface area contributed by atoms with E-state index in [0.717, 1.165) is 51.4 Å². The van der Waals surface area contributed by atoms with Crippen LogP contribution in [0.3, 0.4) is 0 Å². The number of rotatable bonds is 6. The van der Waals surface area contributed by atoms with Gasteiger partial charge in [-0.15, -0.1) is 0 Å². The molecule has 4 rings (SSSR count). The van der Waals surface area contributed by atoms with Crippen LogP contribution >= 0.6 is 0 Å². The van der Waals surface area contributed by atoms with E-state index in [-0.39, 0.29) is 11.2 Å². The maximum absolute atomic E-state index is 13.1. The van der Waals surface area contributed by atoms with E-state index in [1.165, 1.54) is 12.8 Å². The Labute approximate surface area is 156 Å². The van der Waals surface area contributed by atoms with Gasteiger partial charge in [-0.3, -0.25) is 4.79 Å². The highest BCUT2D eigenvalue weighted by molar-refractivity contribution is 7.91. The Morgan fingerprint density at radius 3 is 2.58 bits per heavy atom. The third-order valence-electron chi connectivity index (χ3n) is 6.21. The summed E-state index contributed by atoms with van der Waals surface area (Å²) in [6.45, 7) is 3.89. The van der Waals surface area contributed by atoms with E-state index in [1.807, 2.05) is 6.07 Å². The molecule has 6 heteroatoms. The van der Waals surface area contributed by atoms with Crippen LogP contribution in [0.5, 0.6) is 0 Å². The van der Waals surface area contributed by atoms with Crippen molar-refractivity contribution >= 4 is 15.7 Å². The van der Waals surface area contributed by atoms with Crippen molar-refractivity contribution in [3.8, 4) is 0 Å². The van der Waals surface area contributed by atoms with Crippen molar-refractivity contribution in [1.29, 1.82) is 0 Å². The number of likely N-dealkylation sites (tertiary alicyclic amines) is 2. The van der Waals surface area contributed by atoms with Gasteiger partial charge in [0.05, 0.1) is 16.1 Å². The number of carbonyl (C=O) groups excluding carboxylic acids is 1. The van der Waals surface area contributed by atoms with Crippen molar-refractivity contribution in [2.24, 2.45) is 11.3 Å². The van der Waals surface area contributed by atoms with Crippen LogP contribution in [0.1, 0.15) is 32.1 Å². The number of hydrogen-bond acceptors (Lipinski definition) is 4. The molecule has 1 aromatic carbocycles. The van der Waals surface area contributed by atoms with Gasteiger partial charge in [-0.2, -0.15) is 0 Å². The fourth-order valence-electron chi connectivity index (χ4n) is 4.46. The Morgan fingerprint density at radius 2 is 1.85 bits per heavy atom. The molecule has 1 atom stereocenters. The molecule has 1 spiro atoms. The molecule has 0 unspecified atom stereocenters. The van der Waals surface area contributed by atoms with E-state index >= 15 is 0 Å². The van der Waals surface area contributed by atoms with Crippen LogP contribution < -0.4 is 0 Å². The van der Waals surface area contributed by atoms with Crippen LogP contribution in [-0.2, 0) is 14.6 Å². The smallest absolute Gasteiger partial charge is 0.230 e. The van der Waals surface area contributed by atoms with Gasteiger partial charge in [0.1, 0.15) is 0 Å². The SMILES string of the molecule is O=C1N(CC2CC2)CCC[C@]12CCN(CCS(=O)(=O)c1ccccc1)C2. The van der Waals surface area contributed by atoms with Crippen molar-refractivity contribution in [1.82, 2.24) is 9.80 Å². The first-order chi connectivity index (χ1) is 12.5. The molecule has 1 amide bonds. The first kappa shape index (κ1) is 18.0. The van der Waals surface area contributed by atoms with E-state index in [9.17, 15) is 13.2 Å². The topological polar surface area (TPSA) is 57.7 Å². The normalized spacial score (nSPS) is 27.4. The summed E-state index contributed by atoms with van der Waals surface area (Å²) in [5.74, 6) is 1.17. The molecule has 1 aromatic rings. The fourth-order valence-corrected chi connectivity index (χ4v) is 5.77. The number of carbonyl (C=O) groups is 1. The maximum Gasteiger partial charge on any atom is 0.230 e. The van der Waals surface area contributed by atoms with Gasteiger partial charge in [0.25, 0.3) is 0 Å². The lowest BCUT2D eigenvalue weighted by Crippen LogP contribution is -2.50. The fraction of sp³-hybridized carbons (Fsp3) is 0.650. The molecule has 1 saturated carbocycles. The number of sulfone groups is 1. The van der Waals surface area contributed by atoms with Crippen molar-refractivity contribution in [2.75, 3.05) is 38.5 Å². The second-order valence-electron chi connectivity index (χ2n) is 8.24. The second-order valence-corrected chi connectivity index (χ2v) is 10.3. The third-order valence-corrected chi connectivity index (χ3v) is 7.92. The molecular weight excluding hydrogens is 348 g/mol. The van der Waals surface area contributed by atoms with Crippen LogP contribution in [0.25, 0.3) is 0 Å². The zero-order valence-electron chi connectivity index (χ0n) is 15.3. The van der Waals surface area contributed by atoms with E-state index in [0.29, 0.717) is 17.3 Å². The highest BCUT2D eigenvalue weighted by atomic mass is 32.2. The van der Waals surface area contributed by atoms with Crippen LogP contribution in [0.15, 0.2) is 35.2 Å². The van der Waals surface area contributed by atoms with Crippen LogP contribution in [0.2, 0.25) is 0 Å². The molecule has 0 aromatic heterocycles. The molecule has 3 fully saturated rings. The average Bonchev–Trinajstić information content (AvgIpc) is 3.37. The minimum atomic E-state index is -3.26. The monoisotopic (exact) mass is 376 g/mol. The summed E-state index contributed by atoms with van der Waals surface area (Å²) in [6, 6.07) is 8.65. The Bertz CT molecular complexity index is 761. The number of amides is 1. The molecule has 0 bridgehead atoms. The predicted molar refractivity (Wildman–Crippen MR) is 101 cm³/mol. The predicted octanol–water partition coefficient (Wildman–Crippen LogP) is 2.18. The molecule has 5 nitrogen and oxygen atoms in total. The third kappa shape index (κ3) is 3.67. The number of nitrogens with zero attached hydrogens (tertiary/aromatic N) is 2. The first-order valence-electron chi connectivity index (χ1n) is 9.78. The summed E-state index contributed by atoms with van der Waals surface area (Å²) in [5, 5.41) is 0. The highest BCUT2D eigenvalue weighted by Crippen LogP contribution is 2.41. The van der Waals surface area contributed by atoms with Gasteiger partial charge in [0.15, 0.2) is 9.84 Å².